The van der Waals surface area contributed by atoms with E-state index < -0.39 is 33.6 Å². The number of piperidine rings is 1. The third-order valence-corrected chi connectivity index (χ3v) is 10.8. The van der Waals surface area contributed by atoms with E-state index in [-0.39, 0.29) is 34.3 Å². The van der Waals surface area contributed by atoms with Gasteiger partial charge < -0.3 is 10.0 Å². The molecule has 2 aliphatic heterocycles. The summed E-state index contributed by atoms with van der Waals surface area (Å²) in [5.74, 6) is -0.499. The van der Waals surface area contributed by atoms with Gasteiger partial charge in [-0.25, -0.2) is 17.8 Å². The summed E-state index contributed by atoms with van der Waals surface area (Å²) >= 11 is 0. The summed E-state index contributed by atoms with van der Waals surface area (Å²) in [5.41, 5.74) is -0.102. The average Bonchev–Trinajstić information content (AvgIpc) is 3.68. The molecule has 0 radical (unpaired) electrons. The van der Waals surface area contributed by atoms with Crippen LogP contribution in [0.15, 0.2) is 47.6 Å². The third kappa shape index (κ3) is 7.68. The van der Waals surface area contributed by atoms with Crippen molar-refractivity contribution in [2.24, 2.45) is 17.8 Å². The van der Waals surface area contributed by atoms with Crippen molar-refractivity contribution < 1.29 is 35.9 Å². The molecule has 0 bridgehead atoms. The fourth-order valence-corrected chi connectivity index (χ4v) is 7.82. The highest BCUT2D eigenvalue weighted by Gasteiger charge is 2.42. The molecule has 3 fully saturated rings. The molecular formula is C30H37F4N3O4S. The number of sulfone groups is 1. The molecule has 2 aromatic rings. The molecule has 5 rings (SSSR count). The Balaban J connectivity index is 1.17. The molecule has 1 aliphatic carbocycles. The average molecular weight is 612 g/mol. The van der Waals surface area contributed by atoms with Crippen molar-refractivity contribution in [2.45, 2.75) is 61.7 Å². The van der Waals surface area contributed by atoms with Gasteiger partial charge in [0.15, 0.2) is 14.9 Å². The standard InChI is InChI=1S/C30H37F4N3O4S/c31-25-3-1-2-22(15-25)26-19-37(27(29(38)39)14-21-4-5-21)18-23(26)17-36-11-8-20(9-12-36)10-13-42(40,41)28-7-6-24(16-35-28)30(32,33)34/h1-3,6-7,15-16,20-21,23,26-27H,4-5,8-14,17-19H2,(H,38,39)/t23-,26+,27+/m0/s1. The number of halogens is 4. The molecule has 0 unspecified atom stereocenters. The molecule has 0 amide bonds. The zero-order valence-electron chi connectivity index (χ0n) is 23.3. The van der Waals surface area contributed by atoms with Gasteiger partial charge in [-0.15, -0.1) is 0 Å². The first-order valence-corrected chi connectivity index (χ1v) is 16.2. The largest absolute Gasteiger partial charge is 0.480 e. The summed E-state index contributed by atoms with van der Waals surface area (Å²) in [4.78, 5) is 20.1. The van der Waals surface area contributed by atoms with E-state index in [0.717, 1.165) is 63.0 Å². The molecule has 3 aliphatic rings. The number of carboxylic acids is 1. The lowest BCUT2D eigenvalue weighted by molar-refractivity contribution is -0.143. The second kappa shape index (κ2) is 12.6. The van der Waals surface area contributed by atoms with Crippen LogP contribution >= 0.6 is 0 Å². The molecular weight excluding hydrogens is 574 g/mol. The summed E-state index contributed by atoms with van der Waals surface area (Å²) in [5, 5.41) is 9.62. The Morgan fingerprint density at radius 3 is 2.38 bits per heavy atom. The van der Waals surface area contributed by atoms with E-state index in [1.54, 1.807) is 12.1 Å². The molecule has 0 spiro atoms. The Morgan fingerprint density at radius 1 is 1.05 bits per heavy atom. The van der Waals surface area contributed by atoms with E-state index in [0.29, 0.717) is 38.0 Å². The molecule has 230 valence electrons. The quantitative estimate of drug-likeness (QED) is 0.355. The van der Waals surface area contributed by atoms with Gasteiger partial charge in [-0.1, -0.05) is 25.0 Å². The highest BCUT2D eigenvalue weighted by Crippen LogP contribution is 2.40. The smallest absolute Gasteiger partial charge is 0.417 e. The van der Waals surface area contributed by atoms with Crippen LogP contribution < -0.4 is 0 Å². The first-order valence-electron chi connectivity index (χ1n) is 14.6. The summed E-state index contributed by atoms with van der Waals surface area (Å²) in [7, 11) is -3.80. The molecule has 2 saturated heterocycles. The molecule has 7 nitrogen and oxygen atoms in total. The third-order valence-electron chi connectivity index (χ3n) is 9.10. The maximum absolute atomic E-state index is 14.1. The second-order valence-electron chi connectivity index (χ2n) is 12.1. The lowest BCUT2D eigenvalue weighted by atomic mass is 9.87. The number of hydrogen-bond donors (Lipinski definition) is 1. The van der Waals surface area contributed by atoms with Gasteiger partial charge in [-0.05, 0) is 86.4 Å². The number of carbonyl (C=O) groups is 1. The van der Waals surface area contributed by atoms with Crippen LogP contribution in [0.5, 0.6) is 0 Å². The van der Waals surface area contributed by atoms with Crippen LogP contribution in [0.1, 0.15) is 55.6 Å². The number of aliphatic carboxylic acids is 1. The molecule has 1 aromatic carbocycles. The van der Waals surface area contributed by atoms with Crippen LogP contribution in [0.25, 0.3) is 0 Å². The van der Waals surface area contributed by atoms with Gasteiger partial charge in [0.2, 0.25) is 0 Å². The van der Waals surface area contributed by atoms with Gasteiger partial charge in [0.1, 0.15) is 11.9 Å². The van der Waals surface area contributed by atoms with Crippen molar-refractivity contribution in [3.8, 4) is 0 Å². The van der Waals surface area contributed by atoms with Crippen LogP contribution in [-0.2, 0) is 20.8 Å². The SMILES string of the molecule is O=C(O)[C@@H](CC1CC1)N1C[C@H](CN2CCC(CCS(=O)(=O)c3ccc(C(F)(F)F)cn3)CC2)[C@@H](c2cccc(F)c2)C1. The van der Waals surface area contributed by atoms with E-state index in [2.05, 4.69) is 14.8 Å². The van der Waals surface area contributed by atoms with E-state index >= 15 is 0 Å². The summed E-state index contributed by atoms with van der Waals surface area (Å²) < 4.78 is 77.9. The molecule has 42 heavy (non-hydrogen) atoms. The number of alkyl halides is 3. The fraction of sp³-hybridized carbons (Fsp3) is 0.600. The number of aromatic nitrogens is 1. The topological polar surface area (TPSA) is 90.8 Å². The van der Waals surface area contributed by atoms with Crippen LogP contribution in [0.4, 0.5) is 17.6 Å². The fourth-order valence-electron chi connectivity index (χ4n) is 6.48. The van der Waals surface area contributed by atoms with Crippen molar-refractivity contribution >= 4 is 15.8 Å². The molecule has 3 atom stereocenters. The van der Waals surface area contributed by atoms with E-state index in [4.69, 9.17) is 0 Å². The van der Waals surface area contributed by atoms with Crippen LogP contribution in [0, 0.1) is 23.6 Å². The maximum atomic E-state index is 14.1. The predicted octanol–water partition coefficient (Wildman–Crippen LogP) is 5.08. The van der Waals surface area contributed by atoms with Crippen molar-refractivity contribution in [1.82, 2.24) is 14.8 Å². The second-order valence-corrected chi connectivity index (χ2v) is 14.2. The van der Waals surface area contributed by atoms with Gasteiger partial charge in [0.05, 0.1) is 11.3 Å². The Morgan fingerprint density at radius 2 is 1.79 bits per heavy atom. The predicted molar refractivity (Wildman–Crippen MR) is 148 cm³/mol. The van der Waals surface area contributed by atoms with Crippen LogP contribution in [0.3, 0.4) is 0 Å². The van der Waals surface area contributed by atoms with Gasteiger partial charge in [0, 0.05) is 31.7 Å². The summed E-state index contributed by atoms with van der Waals surface area (Å²) in [6.45, 7) is 3.47. The van der Waals surface area contributed by atoms with Crippen LogP contribution in [-0.4, -0.2) is 78.8 Å². The minimum absolute atomic E-state index is 0.0147. The normalized spacial score (nSPS) is 23.7. The first-order chi connectivity index (χ1) is 19.9. The van der Waals surface area contributed by atoms with Gasteiger partial charge in [0.25, 0.3) is 0 Å². The van der Waals surface area contributed by atoms with E-state index in [1.807, 2.05) is 6.07 Å². The molecule has 3 heterocycles. The van der Waals surface area contributed by atoms with Gasteiger partial charge >= 0.3 is 12.1 Å². The zero-order valence-corrected chi connectivity index (χ0v) is 24.2. The number of benzene rings is 1. The molecule has 1 saturated carbocycles. The van der Waals surface area contributed by atoms with E-state index in [1.165, 1.54) is 6.07 Å². The van der Waals surface area contributed by atoms with Crippen molar-refractivity contribution in [3.63, 3.8) is 0 Å². The van der Waals surface area contributed by atoms with Crippen molar-refractivity contribution in [3.05, 3.63) is 59.5 Å². The lowest BCUT2D eigenvalue weighted by Crippen LogP contribution is -2.42. The highest BCUT2D eigenvalue weighted by atomic mass is 32.2. The van der Waals surface area contributed by atoms with Crippen molar-refractivity contribution in [1.29, 1.82) is 0 Å². The highest BCUT2D eigenvalue weighted by molar-refractivity contribution is 7.91. The Labute approximate surface area is 243 Å². The number of likely N-dealkylation sites (tertiary alicyclic amines) is 2. The number of rotatable bonds is 11. The van der Waals surface area contributed by atoms with E-state index in [9.17, 15) is 35.9 Å². The Kier molecular flexibility index (Phi) is 9.24. The Hall–Kier alpha value is -2.57. The van der Waals surface area contributed by atoms with Crippen LogP contribution in [0.2, 0.25) is 0 Å². The summed E-state index contributed by atoms with van der Waals surface area (Å²) in [6.07, 6.45) is 0.755. The maximum Gasteiger partial charge on any atom is 0.417 e. The first kappa shape index (κ1) is 30.9. The number of carboxylic acid groups (broad SMARTS) is 1. The summed E-state index contributed by atoms with van der Waals surface area (Å²) in [6, 6.07) is 7.70. The van der Waals surface area contributed by atoms with Crippen molar-refractivity contribution in [2.75, 3.05) is 38.5 Å². The van der Waals surface area contributed by atoms with Gasteiger partial charge in [-0.3, -0.25) is 9.69 Å². The molecule has 12 heteroatoms. The zero-order chi connectivity index (χ0) is 30.1. The Bertz CT molecular complexity index is 1340. The number of hydrogen-bond acceptors (Lipinski definition) is 6. The molecule has 1 N–H and O–H groups in total. The van der Waals surface area contributed by atoms with Gasteiger partial charge in [-0.2, -0.15) is 13.2 Å². The number of pyridine rings is 1. The lowest BCUT2D eigenvalue weighted by Gasteiger charge is -2.34. The monoisotopic (exact) mass is 611 g/mol. The minimum Gasteiger partial charge on any atom is -0.480 e. The number of nitrogens with zero attached hydrogens (tertiary/aromatic N) is 3. The minimum atomic E-state index is -4.58. The molecule has 1 aromatic heterocycles.